The first kappa shape index (κ1) is 32.0. The van der Waals surface area contributed by atoms with Crippen LogP contribution in [0, 0.1) is 29.1 Å². The molecule has 0 spiro atoms. The van der Waals surface area contributed by atoms with Crippen molar-refractivity contribution >= 4 is 22.1 Å². The fourth-order valence-corrected chi connectivity index (χ4v) is 10.4. The van der Waals surface area contributed by atoms with Gasteiger partial charge in [-0.25, -0.2) is 19.9 Å². The van der Waals surface area contributed by atoms with E-state index in [4.69, 9.17) is 19.4 Å². The zero-order valence-corrected chi connectivity index (χ0v) is 30.3. The van der Waals surface area contributed by atoms with Crippen LogP contribution in [0.3, 0.4) is 0 Å². The molecule has 6 nitrogen and oxygen atoms in total. The lowest BCUT2D eigenvalue weighted by molar-refractivity contribution is -0.00518. The molecule has 55 heavy (non-hydrogen) atoms. The summed E-state index contributed by atoms with van der Waals surface area (Å²) >= 11 is 0. The highest BCUT2D eigenvalue weighted by Crippen LogP contribution is 2.60. The first-order chi connectivity index (χ1) is 27.1. The van der Waals surface area contributed by atoms with Gasteiger partial charge in [0, 0.05) is 28.1 Å². The lowest BCUT2D eigenvalue weighted by Gasteiger charge is -2.57. The second-order valence-electron chi connectivity index (χ2n) is 16.1. The molecule has 0 amide bonds. The first-order valence-electron chi connectivity index (χ1n) is 19.4. The number of hydrogen-bond donors (Lipinski definition) is 0. The number of rotatable bonds is 6. The van der Waals surface area contributed by atoms with Gasteiger partial charge in [0.15, 0.2) is 17.5 Å². The van der Waals surface area contributed by atoms with E-state index in [1.54, 1.807) is 11.8 Å². The van der Waals surface area contributed by atoms with Crippen LogP contribution in [0.5, 0.6) is 0 Å². The van der Waals surface area contributed by atoms with Crippen molar-refractivity contribution in [2.45, 2.75) is 43.9 Å². The highest BCUT2D eigenvalue weighted by molar-refractivity contribution is 6.08. The third-order valence-corrected chi connectivity index (χ3v) is 12.7. The Morgan fingerprint density at radius 3 is 1.58 bits per heavy atom. The van der Waals surface area contributed by atoms with Crippen LogP contribution in [0.15, 0.2) is 138 Å². The number of benzene rings is 5. The van der Waals surface area contributed by atoms with Gasteiger partial charge < -0.3 is 4.42 Å². The minimum atomic E-state index is 0.401. The fraction of sp³-hybridized carbons (Fsp3) is 0.204. The number of pyridine rings is 1. The van der Waals surface area contributed by atoms with Crippen molar-refractivity contribution in [2.24, 2.45) is 17.8 Å². The standard InChI is InChI=1S/C49H37N5O/c50-29-30-6-8-34(9-7-30)35-10-14-38(15-11-35)45-52-46(54-47(53-45)43-4-1-3-41-42-5-2-22-51-48(42)55-44(41)43)39-16-12-36(13-17-39)37-18-20-40(21-19-37)49-26-31-23-32(27-49)25-33(24-31)28-49/h1-22,31-33H,23-28H2/t31-,32-,33-,49?. The van der Waals surface area contributed by atoms with Crippen LogP contribution >= 0.6 is 0 Å². The molecule has 0 atom stereocenters. The lowest BCUT2D eigenvalue weighted by Crippen LogP contribution is -2.48. The van der Waals surface area contributed by atoms with E-state index < -0.39 is 0 Å². The molecule has 0 radical (unpaired) electrons. The van der Waals surface area contributed by atoms with Crippen molar-refractivity contribution < 1.29 is 4.42 Å². The van der Waals surface area contributed by atoms with Gasteiger partial charge in [0.1, 0.15) is 5.58 Å². The van der Waals surface area contributed by atoms with Crippen molar-refractivity contribution in [3.8, 4) is 62.5 Å². The molecule has 6 heteroatoms. The molecular formula is C49H37N5O. The summed E-state index contributed by atoms with van der Waals surface area (Å²) in [4.78, 5) is 19.6. The first-order valence-corrected chi connectivity index (χ1v) is 19.4. The number of hydrogen-bond acceptors (Lipinski definition) is 6. The SMILES string of the molecule is N#Cc1ccc(-c2ccc(-c3nc(-c4ccc(-c5ccc(C67C[C@H]8C[C@H](C6)C[C@@H](C7)C8)cc5)cc4)nc(-c4cccc5c4oc4ncccc45)n3)cc2)cc1. The molecule has 0 aliphatic heterocycles. The summed E-state index contributed by atoms with van der Waals surface area (Å²) in [5.74, 6) is 4.50. The molecule has 0 unspecified atom stereocenters. The Morgan fingerprint density at radius 1 is 0.527 bits per heavy atom. The van der Waals surface area contributed by atoms with E-state index in [2.05, 4.69) is 71.7 Å². The second-order valence-corrected chi connectivity index (χ2v) is 16.1. The summed E-state index contributed by atoms with van der Waals surface area (Å²) in [7, 11) is 0. The van der Waals surface area contributed by atoms with Crippen LogP contribution in [0.2, 0.25) is 0 Å². The molecule has 5 aromatic carbocycles. The van der Waals surface area contributed by atoms with E-state index in [9.17, 15) is 5.26 Å². The van der Waals surface area contributed by atoms with Crippen LogP contribution in [0.4, 0.5) is 0 Å². The predicted molar refractivity (Wildman–Crippen MR) is 217 cm³/mol. The molecule has 0 saturated heterocycles. The minimum Gasteiger partial charge on any atom is -0.437 e. The molecule has 4 saturated carbocycles. The van der Waals surface area contributed by atoms with Crippen molar-refractivity contribution in [1.82, 2.24) is 19.9 Å². The molecule has 0 N–H and O–H groups in total. The summed E-state index contributed by atoms with van der Waals surface area (Å²) in [5, 5.41) is 11.2. The predicted octanol–water partition coefficient (Wildman–Crippen LogP) is 11.8. The maximum atomic E-state index is 9.24. The van der Waals surface area contributed by atoms with Gasteiger partial charge in [-0.2, -0.15) is 5.26 Å². The largest absolute Gasteiger partial charge is 0.437 e. The summed E-state index contributed by atoms with van der Waals surface area (Å²) in [6, 6.07) is 46.1. The Labute approximate surface area is 319 Å². The van der Waals surface area contributed by atoms with Gasteiger partial charge in [0.05, 0.1) is 17.2 Å². The minimum absolute atomic E-state index is 0.401. The van der Waals surface area contributed by atoms with Gasteiger partial charge in [0.25, 0.3) is 0 Å². The number of para-hydroxylation sites is 1. The van der Waals surface area contributed by atoms with Crippen molar-refractivity contribution in [1.29, 1.82) is 5.26 Å². The van der Waals surface area contributed by atoms with Crippen molar-refractivity contribution in [3.05, 3.63) is 145 Å². The number of fused-ring (bicyclic) bond motifs is 3. The Kier molecular flexibility index (Phi) is 7.32. The van der Waals surface area contributed by atoms with Gasteiger partial charge >= 0.3 is 0 Å². The summed E-state index contributed by atoms with van der Waals surface area (Å²) in [6.07, 6.45) is 10.3. The Morgan fingerprint density at radius 2 is 1.02 bits per heavy atom. The van der Waals surface area contributed by atoms with E-state index in [0.29, 0.717) is 39.7 Å². The molecule has 264 valence electrons. The quantitative estimate of drug-likeness (QED) is 0.171. The molecule has 3 aromatic heterocycles. The number of nitriles is 1. The summed E-state index contributed by atoms with van der Waals surface area (Å²) in [6.45, 7) is 0. The number of furan rings is 1. The van der Waals surface area contributed by atoms with E-state index in [1.807, 2.05) is 66.7 Å². The maximum Gasteiger partial charge on any atom is 0.227 e. The molecule has 3 heterocycles. The van der Waals surface area contributed by atoms with Crippen LogP contribution in [-0.4, -0.2) is 19.9 Å². The Balaban J connectivity index is 0.956. The van der Waals surface area contributed by atoms with E-state index in [1.165, 1.54) is 49.7 Å². The van der Waals surface area contributed by atoms with Gasteiger partial charge in [-0.05, 0) is 120 Å². The summed E-state index contributed by atoms with van der Waals surface area (Å²) < 4.78 is 6.32. The fourth-order valence-electron chi connectivity index (χ4n) is 10.4. The van der Waals surface area contributed by atoms with E-state index in [0.717, 1.165) is 56.3 Å². The van der Waals surface area contributed by atoms with Crippen LogP contribution in [0.1, 0.15) is 49.7 Å². The molecule has 4 aliphatic rings. The molecule has 4 aliphatic carbocycles. The van der Waals surface area contributed by atoms with Gasteiger partial charge in [0.2, 0.25) is 5.71 Å². The van der Waals surface area contributed by atoms with Gasteiger partial charge in [-0.3, -0.25) is 0 Å². The van der Waals surface area contributed by atoms with Crippen LogP contribution in [0.25, 0.3) is 78.5 Å². The topological polar surface area (TPSA) is 88.5 Å². The Hall–Kier alpha value is -6.45. The lowest BCUT2D eigenvalue weighted by atomic mass is 9.48. The highest BCUT2D eigenvalue weighted by Gasteiger charge is 2.51. The average Bonchev–Trinajstić information content (AvgIpc) is 3.62. The zero-order chi connectivity index (χ0) is 36.5. The Bertz CT molecular complexity index is 2740. The molecule has 12 rings (SSSR count). The molecular weight excluding hydrogens is 675 g/mol. The zero-order valence-electron chi connectivity index (χ0n) is 30.3. The summed E-state index contributed by atoms with van der Waals surface area (Å²) in [5.41, 5.74) is 10.9. The van der Waals surface area contributed by atoms with Gasteiger partial charge in [-0.15, -0.1) is 0 Å². The third kappa shape index (κ3) is 5.53. The number of nitrogens with zero attached hydrogens (tertiary/aromatic N) is 5. The molecule has 8 aromatic rings. The molecule has 4 bridgehead atoms. The molecule has 4 fully saturated rings. The smallest absolute Gasteiger partial charge is 0.227 e. The monoisotopic (exact) mass is 711 g/mol. The normalized spacial score (nSPS) is 21.3. The van der Waals surface area contributed by atoms with Crippen LogP contribution < -0.4 is 0 Å². The van der Waals surface area contributed by atoms with Crippen molar-refractivity contribution in [2.75, 3.05) is 0 Å². The van der Waals surface area contributed by atoms with E-state index >= 15 is 0 Å². The second kappa shape index (κ2) is 12.6. The average molecular weight is 712 g/mol. The highest BCUT2D eigenvalue weighted by atomic mass is 16.3. The third-order valence-electron chi connectivity index (χ3n) is 12.7. The van der Waals surface area contributed by atoms with Crippen LogP contribution in [-0.2, 0) is 5.41 Å². The van der Waals surface area contributed by atoms with Crippen molar-refractivity contribution in [3.63, 3.8) is 0 Å². The van der Waals surface area contributed by atoms with E-state index in [-0.39, 0.29) is 0 Å². The van der Waals surface area contributed by atoms with Gasteiger partial charge in [-0.1, -0.05) is 97.1 Å². The maximum absolute atomic E-state index is 9.24. The number of aromatic nitrogens is 4.